The van der Waals surface area contributed by atoms with Gasteiger partial charge in [0.05, 0.1) is 12.8 Å². The van der Waals surface area contributed by atoms with E-state index < -0.39 is 0 Å². The van der Waals surface area contributed by atoms with Crippen LogP contribution in [0.15, 0.2) is 18.5 Å². The Morgan fingerprint density at radius 3 is 3.00 bits per heavy atom. The lowest BCUT2D eigenvalue weighted by molar-refractivity contribution is 0.242. The van der Waals surface area contributed by atoms with Crippen molar-refractivity contribution in [3.8, 4) is 5.88 Å². The number of halogens is 1. The fourth-order valence-electron chi connectivity index (χ4n) is 2.48. The van der Waals surface area contributed by atoms with E-state index in [0.29, 0.717) is 16.9 Å². The molecule has 0 saturated carbocycles. The van der Waals surface area contributed by atoms with Crippen LogP contribution < -0.4 is 10.5 Å². The van der Waals surface area contributed by atoms with Crippen LogP contribution in [-0.4, -0.2) is 33.5 Å². The number of pyridine rings is 1. The highest BCUT2D eigenvalue weighted by atomic mass is 35.5. The summed E-state index contributed by atoms with van der Waals surface area (Å²) in [5, 5.41) is 0.531. The van der Waals surface area contributed by atoms with Crippen molar-refractivity contribution in [2.45, 2.75) is 19.5 Å². The SMILES string of the molecule is COc1ncc(CN2CCc3nc(N)ncc3C2)cc1Cl. The fraction of sp³-hybridized carbons (Fsp3) is 0.357. The van der Waals surface area contributed by atoms with Gasteiger partial charge >= 0.3 is 0 Å². The molecule has 7 heteroatoms. The number of aromatic nitrogens is 3. The summed E-state index contributed by atoms with van der Waals surface area (Å²) in [6, 6.07) is 1.89. The summed E-state index contributed by atoms with van der Waals surface area (Å²) in [6.45, 7) is 2.51. The molecule has 0 aliphatic carbocycles. The second-order valence-electron chi connectivity index (χ2n) is 5.00. The molecule has 0 aromatic carbocycles. The highest BCUT2D eigenvalue weighted by Crippen LogP contribution is 2.24. The number of anilines is 1. The maximum atomic E-state index is 6.11. The number of nitrogen functional groups attached to an aromatic ring is 1. The van der Waals surface area contributed by atoms with E-state index in [1.54, 1.807) is 13.3 Å². The molecule has 0 spiro atoms. The minimum absolute atomic E-state index is 0.341. The van der Waals surface area contributed by atoms with E-state index in [-0.39, 0.29) is 0 Å². The molecule has 0 saturated heterocycles. The molecule has 1 aliphatic rings. The van der Waals surface area contributed by atoms with Gasteiger partial charge in [0.1, 0.15) is 5.02 Å². The second-order valence-corrected chi connectivity index (χ2v) is 5.40. The Labute approximate surface area is 127 Å². The Balaban J connectivity index is 1.72. The lowest BCUT2D eigenvalue weighted by Crippen LogP contribution is -2.31. The summed E-state index contributed by atoms with van der Waals surface area (Å²) in [6.07, 6.45) is 4.47. The standard InChI is InChI=1S/C14H16ClN5O/c1-21-13-11(15)4-9(5-17-13)7-20-3-2-12-10(8-20)6-18-14(16)19-12/h4-6H,2-3,7-8H2,1H3,(H2,16,18,19). The minimum atomic E-state index is 0.341. The normalized spacial score (nSPS) is 14.8. The number of methoxy groups -OCH3 is 1. The van der Waals surface area contributed by atoms with Gasteiger partial charge in [-0.1, -0.05) is 11.6 Å². The van der Waals surface area contributed by atoms with Gasteiger partial charge in [-0.3, -0.25) is 4.90 Å². The number of rotatable bonds is 3. The number of hydrogen-bond donors (Lipinski definition) is 1. The van der Waals surface area contributed by atoms with Gasteiger partial charge in [-0.05, 0) is 11.6 Å². The molecule has 0 unspecified atom stereocenters. The van der Waals surface area contributed by atoms with Crippen molar-refractivity contribution in [3.05, 3.63) is 40.3 Å². The van der Waals surface area contributed by atoms with E-state index in [4.69, 9.17) is 22.1 Å². The Morgan fingerprint density at radius 2 is 2.24 bits per heavy atom. The second kappa shape index (κ2) is 5.83. The molecular formula is C14H16ClN5O. The quantitative estimate of drug-likeness (QED) is 0.929. The van der Waals surface area contributed by atoms with Crippen molar-refractivity contribution in [3.63, 3.8) is 0 Å². The van der Waals surface area contributed by atoms with Crippen molar-refractivity contribution >= 4 is 17.5 Å². The van der Waals surface area contributed by atoms with Gasteiger partial charge in [0.2, 0.25) is 11.8 Å². The molecule has 2 N–H and O–H groups in total. The van der Waals surface area contributed by atoms with Crippen LogP contribution in [0.2, 0.25) is 5.02 Å². The van der Waals surface area contributed by atoms with Crippen molar-refractivity contribution in [1.82, 2.24) is 19.9 Å². The van der Waals surface area contributed by atoms with Crippen LogP contribution in [0.1, 0.15) is 16.8 Å². The topological polar surface area (TPSA) is 77.2 Å². The summed E-state index contributed by atoms with van der Waals surface area (Å²) < 4.78 is 5.06. The van der Waals surface area contributed by atoms with E-state index in [1.807, 2.05) is 12.3 Å². The molecule has 3 heterocycles. The van der Waals surface area contributed by atoms with Crippen molar-refractivity contribution in [1.29, 1.82) is 0 Å². The fourth-order valence-corrected chi connectivity index (χ4v) is 2.75. The van der Waals surface area contributed by atoms with Crippen molar-refractivity contribution < 1.29 is 4.74 Å². The van der Waals surface area contributed by atoms with Gasteiger partial charge in [-0.25, -0.2) is 15.0 Å². The Hall–Kier alpha value is -1.92. The number of nitrogens with two attached hydrogens (primary N) is 1. The lowest BCUT2D eigenvalue weighted by atomic mass is 10.1. The molecule has 21 heavy (non-hydrogen) atoms. The highest BCUT2D eigenvalue weighted by molar-refractivity contribution is 6.31. The first-order valence-corrected chi connectivity index (χ1v) is 7.04. The van der Waals surface area contributed by atoms with Crippen LogP contribution in [0.25, 0.3) is 0 Å². The number of hydrogen-bond acceptors (Lipinski definition) is 6. The summed E-state index contributed by atoms with van der Waals surface area (Å²) in [5.74, 6) is 0.793. The molecule has 110 valence electrons. The molecular weight excluding hydrogens is 290 g/mol. The first-order chi connectivity index (χ1) is 10.2. The zero-order valence-corrected chi connectivity index (χ0v) is 12.5. The van der Waals surface area contributed by atoms with Crippen LogP contribution in [0, 0.1) is 0 Å². The van der Waals surface area contributed by atoms with Crippen LogP contribution in [0.5, 0.6) is 5.88 Å². The molecule has 6 nitrogen and oxygen atoms in total. The Kier molecular flexibility index (Phi) is 3.90. The van der Waals surface area contributed by atoms with E-state index in [1.165, 1.54) is 0 Å². The third kappa shape index (κ3) is 3.06. The number of nitrogens with zero attached hydrogens (tertiary/aromatic N) is 4. The van der Waals surface area contributed by atoms with Crippen LogP contribution in [0.4, 0.5) is 5.95 Å². The predicted octanol–water partition coefficient (Wildman–Crippen LogP) is 1.67. The Morgan fingerprint density at radius 1 is 1.38 bits per heavy atom. The van der Waals surface area contributed by atoms with Gasteiger partial charge < -0.3 is 10.5 Å². The molecule has 0 atom stereocenters. The number of ether oxygens (including phenoxy) is 1. The van der Waals surface area contributed by atoms with Crippen molar-refractivity contribution in [2.75, 3.05) is 19.4 Å². The van der Waals surface area contributed by atoms with Crippen LogP contribution in [0.3, 0.4) is 0 Å². The van der Waals surface area contributed by atoms with Gasteiger partial charge in [0.15, 0.2) is 0 Å². The first kappa shape index (κ1) is 14.0. The van der Waals surface area contributed by atoms with E-state index in [9.17, 15) is 0 Å². The monoisotopic (exact) mass is 305 g/mol. The first-order valence-electron chi connectivity index (χ1n) is 6.66. The predicted molar refractivity (Wildman–Crippen MR) is 80.1 cm³/mol. The van der Waals surface area contributed by atoms with E-state index >= 15 is 0 Å². The molecule has 0 radical (unpaired) electrons. The molecule has 0 bridgehead atoms. The molecule has 2 aromatic heterocycles. The van der Waals surface area contributed by atoms with Gasteiger partial charge in [-0.15, -0.1) is 0 Å². The minimum Gasteiger partial charge on any atom is -0.480 e. The zero-order chi connectivity index (χ0) is 14.8. The molecule has 0 fully saturated rings. The third-order valence-corrected chi connectivity index (χ3v) is 3.77. The number of fused-ring (bicyclic) bond motifs is 1. The largest absolute Gasteiger partial charge is 0.480 e. The van der Waals surface area contributed by atoms with E-state index in [0.717, 1.165) is 42.9 Å². The molecule has 2 aromatic rings. The molecule has 0 amide bonds. The smallest absolute Gasteiger partial charge is 0.232 e. The maximum absolute atomic E-state index is 6.11. The van der Waals surface area contributed by atoms with Crippen LogP contribution >= 0.6 is 11.6 Å². The van der Waals surface area contributed by atoms with Crippen molar-refractivity contribution in [2.24, 2.45) is 0 Å². The van der Waals surface area contributed by atoms with Crippen LogP contribution in [-0.2, 0) is 19.5 Å². The summed E-state index contributed by atoms with van der Waals surface area (Å²) in [7, 11) is 1.56. The highest BCUT2D eigenvalue weighted by Gasteiger charge is 2.18. The van der Waals surface area contributed by atoms with Gasteiger partial charge in [0.25, 0.3) is 0 Å². The summed E-state index contributed by atoms with van der Waals surface area (Å²) in [5.41, 5.74) is 8.84. The summed E-state index contributed by atoms with van der Waals surface area (Å²) >= 11 is 6.11. The maximum Gasteiger partial charge on any atom is 0.232 e. The average Bonchev–Trinajstić information content (AvgIpc) is 2.48. The lowest BCUT2D eigenvalue weighted by Gasteiger charge is -2.27. The Bertz CT molecular complexity index is 664. The zero-order valence-electron chi connectivity index (χ0n) is 11.7. The summed E-state index contributed by atoms with van der Waals surface area (Å²) in [4.78, 5) is 14.8. The molecule has 3 rings (SSSR count). The average molecular weight is 306 g/mol. The van der Waals surface area contributed by atoms with Gasteiger partial charge in [-0.2, -0.15) is 0 Å². The molecule has 1 aliphatic heterocycles. The van der Waals surface area contributed by atoms with E-state index in [2.05, 4.69) is 19.9 Å². The third-order valence-electron chi connectivity index (χ3n) is 3.50. The van der Waals surface area contributed by atoms with Gasteiger partial charge in [0, 0.05) is 44.0 Å².